The molecular formula is C10H34N2O8Si2. The third kappa shape index (κ3) is 20.0. The molecule has 0 radical (unpaired) electrons. The molecule has 0 fully saturated rings. The molecule has 0 rings (SSSR count). The zero-order valence-corrected chi connectivity index (χ0v) is 15.7. The van der Waals surface area contributed by atoms with Gasteiger partial charge in [0.05, 0.1) is 6.23 Å². The van der Waals surface area contributed by atoms with E-state index in [1.165, 1.54) is 0 Å². The summed E-state index contributed by atoms with van der Waals surface area (Å²) in [6.45, 7) is 0.998. The lowest BCUT2D eigenvalue weighted by Gasteiger charge is -2.24. The summed E-state index contributed by atoms with van der Waals surface area (Å²) in [5, 5.41) is 16.0. The van der Waals surface area contributed by atoms with Crippen LogP contribution in [0.25, 0.3) is 0 Å². The maximum Gasteiger partial charge on any atom is 0.492 e. The molecule has 0 bridgehead atoms. The van der Waals surface area contributed by atoms with Crippen molar-refractivity contribution >= 4 is 17.4 Å². The summed E-state index contributed by atoms with van der Waals surface area (Å²) in [6, 6.07) is 0.802. The van der Waals surface area contributed by atoms with E-state index in [0.717, 1.165) is 19.6 Å². The van der Waals surface area contributed by atoms with Crippen molar-refractivity contribution in [2.45, 2.75) is 24.9 Å². The molecule has 0 heterocycles. The summed E-state index contributed by atoms with van der Waals surface area (Å²) in [6.07, 6.45) is 1.31. The van der Waals surface area contributed by atoms with Gasteiger partial charge in [0, 0.05) is 27.4 Å². The van der Waals surface area contributed by atoms with E-state index < -0.39 is 17.4 Å². The molecule has 0 spiro atoms. The van der Waals surface area contributed by atoms with Crippen LogP contribution in [-0.2, 0) is 8.85 Å². The molecule has 0 aliphatic carbocycles. The normalized spacial score (nSPS) is 10.6. The molecule has 0 aromatic heterocycles. The lowest BCUT2D eigenvalue weighted by molar-refractivity contribution is 0.196. The number of rotatable bonds is 9. The van der Waals surface area contributed by atoms with Crippen molar-refractivity contribution in [2.24, 2.45) is 11.5 Å². The second kappa shape index (κ2) is 19.1. The van der Waals surface area contributed by atoms with E-state index in [4.69, 9.17) is 44.9 Å². The molecule has 140 valence electrons. The van der Waals surface area contributed by atoms with Gasteiger partial charge in [-0.25, -0.2) is 0 Å². The van der Waals surface area contributed by atoms with Crippen LogP contribution in [0.5, 0.6) is 0 Å². The van der Waals surface area contributed by atoms with E-state index >= 15 is 0 Å². The maximum atomic E-state index is 8.97. The van der Waals surface area contributed by atoms with Crippen LogP contribution < -0.4 is 11.5 Å². The largest absolute Gasteiger partial charge is 0.492 e. The number of nitrogens with two attached hydrogens (primary N) is 2. The molecule has 11 N–H and O–H groups in total. The van der Waals surface area contributed by atoms with Gasteiger partial charge in [-0.15, -0.1) is 0 Å². The smallest absolute Gasteiger partial charge is 0.412 e. The van der Waals surface area contributed by atoms with Crippen LogP contribution in [0, 0.1) is 0 Å². The van der Waals surface area contributed by atoms with Crippen molar-refractivity contribution in [1.82, 2.24) is 0 Å². The van der Waals surface area contributed by atoms with Crippen molar-refractivity contribution < 1.29 is 38.9 Å². The van der Waals surface area contributed by atoms with Crippen LogP contribution in [0.2, 0.25) is 12.1 Å². The van der Waals surface area contributed by atoms with Crippen molar-refractivity contribution in [1.29, 1.82) is 0 Å². The Hall–Kier alpha value is 0.0338. The van der Waals surface area contributed by atoms with Crippen molar-refractivity contribution in [3.05, 3.63) is 0 Å². The standard InChI is InChI=1S/C6H17NO3Si.C3H11NO3Si.CH4O.H2O/c1-9-11(6-8,10-2)5-3-4-7;4-2-1-3-8(5,6)7;1-2;/h8H,3-7H2,1-2H3;5-7H,1-4H2;2H,1H3;1H2. The fraction of sp³-hybridized carbons (Fsp3) is 1.00. The second-order valence-electron chi connectivity index (χ2n) is 4.04. The Balaban J connectivity index is -0.000000131. The summed E-state index contributed by atoms with van der Waals surface area (Å²) in [5.74, 6) is 0. The van der Waals surface area contributed by atoms with Crippen molar-refractivity contribution in [2.75, 3.05) is 40.6 Å². The van der Waals surface area contributed by atoms with Crippen LogP contribution in [0.4, 0.5) is 0 Å². The van der Waals surface area contributed by atoms with E-state index in [9.17, 15) is 0 Å². The molecule has 0 amide bonds. The maximum absolute atomic E-state index is 8.97. The lowest BCUT2D eigenvalue weighted by Crippen LogP contribution is -2.44. The molecule has 0 aliphatic rings. The molecule has 10 nitrogen and oxygen atoms in total. The topological polar surface area (TPSA) is 203 Å². The summed E-state index contributed by atoms with van der Waals surface area (Å²) in [4.78, 5) is 25.0. The Morgan fingerprint density at radius 2 is 1.23 bits per heavy atom. The zero-order valence-electron chi connectivity index (χ0n) is 13.7. The summed E-state index contributed by atoms with van der Waals surface area (Å²) < 4.78 is 10.3. The third-order valence-corrected chi connectivity index (χ3v) is 6.57. The predicted octanol–water partition coefficient (Wildman–Crippen LogP) is -3.36. The highest BCUT2D eigenvalue weighted by atomic mass is 28.4. The van der Waals surface area contributed by atoms with Crippen molar-refractivity contribution in [3.8, 4) is 0 Å². The highest BCUT2D eigenvalue weighted by Crippen LogP contribution is 2.12. The first-order valence-corrected chi connectivity index (χ1v) is 10.8. The molecular weight excluding hydrogens is 332 g/mol. The van der Waals surface area contributed by atoms with Crippen LogP contribution >= 0.6 is 0 Å². The average molecular weight is 367 g/mol. The summed E-state index contributed by atoms with van der Waals surface area (Å²) in [5.41, 5.74) is 10.4. The Kier molecular flexibility index (Phi) is 26.0. The van der Waals surface area contributed by atoms with Gasteiger partial charge in [0.1, 0.15) is 0 Å². The van der Waals surface area contributed by atoms with Gasteiger partial charge in [-0.2, -0.15) is 0 Å². The SMILES string of the molecule is CO.CO[Si](CO)(CCCN)OC.NCCC[Si](O)(O)O.O. The number of hydrogen-bond acceptors (Lipinski definition) is 9. The van der Waals surface area contributed by atoms with Gasteiger partial charge in [-0.3, -0.25) is 0 Å². The molecule has 0 atom stereocenters. The van der Waals surface area contributed by atoms with Crippen LogP contribution in [0.15, 0.2) is 0 Å². The van der Waals surface area contributed by atoms with Gasteiger partial charge < -0.3 is 50.4 Å². The Labute approximate surface area is 134 Å². The quantitative estimate of drug-likeness (QED) is 0.203. The fourth-order valence-electron chi connectivity index (χ4n) is 1.21. The average Bonchev–Trinajstić information content (AvgIpc) is 2.49. The van der Waals surface area contributed by atoms with E-state index in [1.54, 1.807) is 14.2 Å². The van der Waals surface area contributed by atoms with Gasteiger partial charge in [0.2, 0.25) is 0 Å². The molecule has 0 saturated carbocycles. The van der Waals surface area contributed by atoms with Gasteiger partial charge in [-0.1, -0.05) is 0 Å². The van der Waals surface area contributed by atoms with Gasteiger partial charge in [0.15, 0.2) is 0 Å². The number of aliphatic hydroxyl groups excluding tert-OH is 2. The minimum Gasteiger partial charge on any atom is -0.412 e. The Bertz CT molecular complexity index is 198. The molecule has 12 heteroatoms. The first kappa shape index (κ1) is 30.0. The Morgan fingerprint density at radius 3 is 1.41 bits per heavy atom. The molecule has 0 aliphatic heterocycles. The number of aliphatic hydroxyl groups is 2. The molecule has 22 heavy (non-hydrogen) atoms. The first-order valence-electron chi connectivity index (χ1n) is 6.54. The van der Waals surface area contributed by atoms with Gasteiger partial charge in [-0.05, 0) is 32.0 Å². The highest BCUT2D eigenvalue weighted by Gasteiger charge is 2.33. The molecule has 0 unspecified atom stereocenters. The lowest BCUT2D eigenvalue weighted by atomic mass is 10.5. The van der Waals surface area contributed by atoms with Crippen LogP contribution in [0.1, 0.15) is 12.8 Å². The van der Waals surface area contributed by atoms with Crippen LogP contribution in [-0.4, -0.2) is 88.1 Å². The summed E-state index contributed by atoms with van der Waals surface area (Å²) >= 11 is 0. The van der Waals surface area contributed by atoms with E-state index in [1.807, 2.05) is 0 Å². The minimum atomic E-state index is -3.76. The monoisotopic (exact) mass is 366 g/mol. The molecule has 0 aromatic carbocycles. The zero-order chi connectivity index (χ0) is 17.4. The predicted molar refractivity (Wildman–Crippen MR) is 88.0 cm³/mol. The van der Waals surface area contributed by atoms with Crippen molar-refractivity contribution in [3.63, 3.8) is 0 Å². The number of hydrogen-bond donors (Lipinski definition) is 7. The molecule has 0 saturated heterocycles. The third-order valence-electron chi connectivity index (χ3n) is 2.46. The van der Waals surface area contributed by atoms with Crippen LogP contribution in [0.3, 0.4) is 0 Å². The van der Waals surface area contributed by atoms with Gasteiger partial charge >= 0.3 is 17.4 Å². The van der Waals surface area contributed by atoms with Gasteiger partial charge in [0.25, 0.3) is 0 Å². The minimum absolute atomic E-state index is 0. The summed E-state index contributed by atoms with van der Waals surface area (Å²) in [7, 11) is -1.88. The first-order chi connectivity index (χ1) is 9.80. The second-order valence-corrected chi connectivity index (χ2v) is 9.54. The van der Waals surface area contributed by atoms with E-state index in [-0.39, 0.29) is 17.8 Å². The fourth-order valence-corrected chi connectivity index (χ4v) is 3.62. The van der Waals surface area contributed by atoms with E-state index in [2.05, 4.69) is 0 Å². The Morgan fingerprint density at radius 1 is 0.864 bits per heavy atom. The molecule has 0 aromatic rings. The highest BCUT2D eigenvalue weighted by molar-refractivity contribution is 6.67. The van der Waals surface area contributed by atoms with E-state index in [0.29, 0.717) is 19.5 Å².